The van der Waals surface area contributed by atoms with E-state index < -0.39 is 11.9 Å². The van der Waals surface area contributed by atoms with Gasteiger partial charge in [-0.3, -0.25) is 0 Å². The molecular weight excluding hydrogens is 404 g/mol. The molecule has 0 radical (unpaired) electrons. The van der Waals surface area contributed by atoms with E-state index in [0.717, 1.165) is 30.1 Å². The van der Waals surface area contributed by atoms with Gasteiger partial charge in [-0.25, -0.2) is 14.6 Å². The number of thiophene rings is 1. The number of anilines is 1. The van der Waals surface area contributed by atoms with Gasteiger partial charge in [0, 0.05) is 36.6 Å². The highest BCUT2D eigenvalue weighted by molar-refractivity contribution is 7.18. The number of phenolic OH excluding ortho intramolecular Hbond substituents is 1. The van der Waals surface area contributed by atoms with E-state index in [2.05, 4.69) is 9.89 Å². The Bertz CT molecular complexity index is 932. The molecule has 0 amide bonds. The fourth-order valence-corrected chi connectivity index (χ4v) is 4.01. The summed E-state index contributed by atoms with van der Waals surface area (Å²) in [5.74, 6) is -0.965. The van der Waals surface area contributed by atoms with Crippen molar-refractivity contribution in [3.63, 3.8) is 0 Å². The molecule has 30 heavy (non-hydrogen) atoms. The molecular formula is C22H28N2O5S. The summed E-state index contributed by atoms with van der Waals surface area (Å²) in [6.07, 6.45) is 1.48. The second-order valence-corrected chi connectivity index (χ2v) is 7.35. The van der Waals surface area contributed by atoms with E-state index in [1.807, 2.05) is 19.9 Å². The third-order valence-electron chi connectivity index (χ3n) is 4.53. The number of esters is 2. The number of benzene rings is 1. The van der Waals surface area contributed by atoms with E-state index in [0.29, 0.717) is 21.0 Å². The summed E-state index contributed by atoms with van der Waals surface area (Å²) in [7, 11) is 0. The van der Waals surface area contributed by atoms with Crippen LogP contribution in [0, 0.1) is 6.92 Å². The fraction of sp³-hybridized carbons (Fsp3) is 0.409. The Morgan fingerprint density at radius 2 is 1.73 bits per heavy atom. The molecule has 0 atom stereocenters. The molecule has 0 bridgehead atoms. The van der Waals surface area contributed by atoms with Gasteiger partial charge in [-0.05, 0) is 52.3 Å². The number of ether oxygens (including phenoxy) is 2. The number of aliphatic imine (C=N–C) groups is 1. The molecule has 1 N–H and O–H groups in total. The fourth-order valence-electron chi connectivity index (χ4n) is 2.98. The van der Waals surface area contributed by atoms with E-state index in [1.165, 1.54) is 6.21 Å². The number of carbonyl (C=O) groups is 2. The molecule has 7 nitrogen and oxygen atoms in total. The van der Waals surface area contributed by atoms with E-state index in [4.69, 9.17) is 9.47 Å². The van der Waals surface area contributed by atoms with Crippen LogP contribution in [0.3, 0.4) is 0 Å². The molecule has 0 saturated carbocycles. The summed E-state index contributed by atoms with van der Waals surface area (Å²) in [5, 5.41) is 10.7. The van der Waals surface area contributed by atoms with Gasteiger partial charge < -0.3 is 19.5 Å². The number of hydrogen-bond acceptors (Lipinski definition) is 8. The largest absolute Gasteiger partial charge is 0.507 e. The number of hydrogen-bond donors (Lipinski definition) is 1. The Hall–Kier alpha value is -2.87. The summed E-state index contributed by atoms with van der Waals surface area (Å²) in [4.78, 5) is 31.5. The SMILES string of the molecule is CCOC(=O)c1sc(/N=C/c2ccc(N(CC)CC)cc2O)c(C(=O)OCC)c1C. The van der Waals surface area contributed by atoms with Gasteiger partial charge in [0.15, 0.2) is 0 Å². The normalized spacial score (nSPS) is 11.0. The van der Waals surface area contributed by atoms with E-state index >= 15 is 0 Å². The van der Waals surface area contributed by atoms with E-state index in [-0.39, 0.29) is 24.5 Å². The maximum absolute atomic E-state index is 12.4. The minimum absolute atomic E-state index is 0.0831. The molecule has 0 spiro atoms. The van der Waals surface area contributed by atoms with Crippen LogP contribution in [0.5, 0.6) is 5.75 Å². The summed E-state index contributed by atoms with van der Waals surface area (Å²) in [5.41, 5.74) is 2.13. The van der Waals surface area contributed by atoms with Crippen LogP contribution in [0.1, 0.15) is 58.9 Å². The minimum atomic E-state index is -0.546. The number of rotatable bonds is 9. The van der Waals surface area contributed by atoms with Crippen LogP contribution in [0.4, 0.5) is 10.7 Å². The molecule has 0 fully saturated rings. The number of nitrogens with zero attached hydrogens (tertiary/aromatic N) is 2. The number of aromatic hydroxyl groups is 1. The minimum Gasteiger partial charge on any atom is -0.507 e. The maximum Gasteiger partial charge on any atom is 0.348 e. The molecule has 2 rings (SSSR count). The van der Waals surface area contributed by atoms with Crippen molar-refractivity contribution in [2.24, 2.45) is 4.99 Å². The van der Waals surface area contributed by atoms with Crippen LogP contribution < -0.4 is 4.90 Å². The van der Waals surface area contributed by atoms with Crippen LogP contribution in [0.2, 0.25) is 0 Å². The summed E-state index contributed by atoms with van der Waals surface area (Å²) >= 11 is 1.07. The Balaban J connectivity index is 2.43. The Morgan fingerprint density at radius 3 is 2.30 bits per heavy atom. The van der Waals surface area contributed by atoms with Crippen molar-refractivity contribution in [3.8, 4) is 5.75 Å². The van der Waals surface area contributed by atoms with Gasteiger partial charge >= 0.3 is 11.9 Å². The molecule has 162 valence electrons. The third-order valence-corrected chi connectivity index (χ3v) is 5.71. The monoisotopic (exact) mass is 432 g/mol. The topological polar surface area (TPSA) is 88.4 Å². The van der Waals surface area contributed by atoms with Crippen molar-refractivity contribution in [2.45, 2.75) is 34.6 Å². The first-order chi connectivity index (χ1) is 14.4. The lowest BCUT2D eigenvalue weighted by atomic mass is 10.1. The van der Waals surface area contributed by atoms with Crippen molar-refractivity contribution < 1.29 is 24.2 Å². The van der Waals surface area contributed by atoms with Crippen molar-refractivity contribution in [3.05, 3.63) is 39.8 Å². The van der Waals surface area contributed by atoms with Crippen molar-refractivity contribution in [1.29, 1.82) is 0 Å². The van der Waals surface area contributed by atoms with Gasteiger partial charge in [0.2, 0.25) is 0 Å². The molecule has 0 aliphatic carbocycles. The molecule has 0 unspecified atom stereocenters. The number of phenols is 1. The van der Waals surface area contributed by atoms with Crippen LogP contribution >= 0.6 is 11.3 Å². The molecule has 0 aliphatic heterocycles. The van der Waals surface area contributed by atoms with E-state index in [1.54, 1.807) is 32.9 Å². The Labute approximate surface area is 181 Å². The predicted octanol–water partition coefficient (Wildman–Crippen LogP) is 4.71. The number of carbonyl (C=O) groups excluding carboxylic acids is 2. The smallest absolute Gasteiger partial charge is 0.348 e. The predicted molar refractivity (Wildman–Crippen MR) is 120 cm³/mol. The zero-order valence-electron chi connectivity index (χ0n) is 18.0. The average Bonchev–Trinajstić information content (AvgIpc) is 3.05. The molecule has 1 aromatic carbocycles. The van der Waals surface area contributed by atoms with Gasteiger partial charge in [0.05, 0.1) is 13.2 Å². The van der Waals surface area contributed by atoms with E-state index in [9.17, 15) is 14.7 Å². The van der Waals surface area contributed by atoms with Crippen molar-refractivity contribution in [1.82, 2.24) is 0 Å². The second kappa shape index (κ2) is 10.8. The van der Waals surface area contributed by atoms with Crippen LogP contribution in [0.15, 0.2) is 23.2 Å². The van der Waals surface area contributed by atoms with Crippen LogP contribution in [0.25, 0.3) is 0 Å². The highest BCUT2D eigenvalue weighted by Crippen LogP contribution is 2.37. The quantitative estimate of drug-likeness (QED) is 0.456. The van der Waals surface area contributed by atoms with Gasteiger partial charge in [0.25, 0.3) is 0 Å². The molecule has 2 aromatic rings. The molecule has 1 aromatic heterocycles. The first-order valence-corrected chi connectivity index (χ1v) is 10.8. The summed E-state index contributed by atoms with van der Waals surface area (Å²) in [6.45, 7) is 11.3. The Kier molecular flexibility index (Phi) is 8.41. The van der Waals surface area contributed by atoms with Crippen LogP contribution in [-0.4, -0.2) is 49.6 Å². The van der Waals surface area contributed by atoms with Crippen molar-refractivity contribution in [2.75, 3.05) is 31.2 Å². The molecule has 1 heterocycles. The highest BCUT2D eigenvalue weighted by Gasteiger charge is 2.26. The van der Waals surface area contributed by atoms with Crippen molar-refractivity contribution >= 4 is 40.2 Å². The highest BCUT2D eigenvalue weighted by atomic mass is 32.1. The lowest BCUT2D eigenvalue weighted by molar-refractivity contribution is 0.0527. The lowest BCUT2D eigenvalue weighted by Crippen LogP contribution is -2.21. The van der Waals surface area contributed by atoms with Gasteiger partial charge in [0.1, 0.15) is 21.2 Å². The summed E-state index contributed by atoms with van der Waals surface area (Å²) < 4.78 is 10.2. The third kappa shape index (κ3) is 5.18. The molecule has 0 aliphatic rings. The standard InChI is InChI=1S/C22H28N2O5S/c1-6-24(7-2)16-11-10-15(17(25)12-16)13-23-20-18(21(26)28-8-3)14(5)19(30-20)22(27)29-9-4/h10-13,25H,6-9H2,1-5H3/b23-13+. The first-order valence-electron chi connectivity index (χ1n) is 9.97. The summed E-state index contributed by atoms with van der Waals surface area (Å²) in [6, 6.07) is 5.36. The zero-order valence-corrected chi connectivity index (χ0v) is 18.8. The second-order valence-electron chi connectivity index (χ2n) is 6.35. The molecule has 0 saturated heterocycles. The first kappa shape index (κ1) is 23.4. The van der Waals surface area contributed by atoms with Gasteiger partial charge in [-0.15, -0.1) is 11.3 Å². The zero-order chi connectivity index (χ0) is 22.3. The maximum atomic E-state index is 12.4. The van der Waals surface area contributed by atoms with Crippen LogP contribution in [-0.2, 0) is 9.47 Å². The Morgan fingerprint density at radius 1 is 1.10 bits per heavy atom. The van der Waals surface area contributed by atoms with Gasteiger partial charge in [-0.1, -0.05) is 0 Å². The van der Waals surface area contributed by atoms with Gasteiger partial charge in [-0.2, -0.15) is 0 Å². The average molecular weight is 433 g/mol. The lowest BCUT2D eigenvalue weighted by Gasteiger charge is -2.21. The molecule has 8 heteroatoms.